The van der Waals surface area contributed by atoms with Crippen LogP contribution in [0, 0.1) is 0 Å². The van der Waals surface area contributed by atoms with Gasteiger partial charge < -0.3 is 26.0 Å². The minimum Gasteiger partial charge on any atom is -0.389 e. The van der Waals surface area contributed by atoms with Gasteiger partial charge in [-0.1, -0.05) is 0 Å². The highest BCUT2D eigenvalue weighted by molar-refractivity contribution is 4.94. The van der Waals surface area contributed by atoms with Crippen LogP contribution in [0.25, 0.3) is 0 Å². The highest BCUT2D eigenvalue weighted by Crippen LogP contribution is 2.19. The van der Waals surface area contributed by atoms with E-state index < -0.39 is 18.3 Å². The largest absolute Gasteiger partial charge is 0.389 e. The smallest absolute Gasteiger partial charge is 0.0993 e. The highest BCUT2D eigenvalue weighted by Gasteiger charge is 2.40. The van der Waals surface area contributed by atoms with Gasteiger partial charge in [0.05, 0.1) is 30.5 Å². The van der Waals surface area contributed by atoms with Crippen LogP contribution in [0.4, 0.5) is 0 Å². The number of nitrogens with one attached hydrogen (secondary N) is 1. The molecule has 0 radical (unpaired) electrons. The number of rotatable bonds is 2. The highest BCUT2D eigenvalue weighted by atomic mass is 16.5. The van der Waals surface area contributed by atoms with Crippen molar-refractivity contribution in [3.63, 3.8) is 0 Å². The van der Waals surface area contributed by atoms with Gasteiger partial charge in [0.2, 0.25) is 0 Å². The third-order valence-electron chi connectivity index (χ3n) is 2.55. The molecule has 1 heterocycles. The van der Waals surface area contributed by atoms with E-state index in [0.717, 1.165) is 0 Å². The van der Waals surface area contributed by atoms with Crippen LogP contribution in [0.5, 0.6) is 0 Å². The van der Waals surface area contributed by atoms with Crippen molar-refractivity contribution in [2.75, 3.05) is 13.6 Å². The molecule has 5 atom stereocenters. The molecule has 1 fully saturated rings. The van der Waals surface area contributed by atoms with Gasteiger partial charge in [0.15, 0.2) is 0 Å². The number of aliphatic hydroxyl groups excluding tert-OH is 2. The van der Waals surface area contributed by atoms with E-state index in [4.69, 9.17) is 10.5 Å². The van der Waals surface area contributed by atoms with Gasteiger partial charge in [0.1, 0.15) is 0 Å². The SMILES string of the molecule is CN[C@@H]1[C@@H](O)[C@H](C)O[C@H](CN)[C@H]1O. The molecule has 0 bridgehead atoms. The van der Waals surface area contributed by atoms with Crippen molar-refractivity contribution >= 4 is 0 Å². The van der Waals surface area contributed by atoms with E-state index in [1.807, 2.05) is 0 Å². The van der Waals surface area contributed by atoms with Gasteiger partial charge >= 0.3 is 0 Å². The Morgan fingerprint density at radius 2 is 2.00 bits per heavy atom. The third-order valence-corrected chi connectivity index (χ3v) is 2.55. The fourth-order valence-electron chi connectivity index (χ4n) is 1.70. The summed E-state index contributed by atoms with van der Waals surface area (Å²) in [4.78, 5) is 0. The summed E-state index contributed by atoms with van der Waals surface area (Å²) in [6, 6.07) is -0.364. The lowest BCUT2D eigenvalue weighted by atomic mass is 9.93. The number of likely N-dealkylation sites (N-methyl/N-ethyl adjacent to an activating group) is 1. The molecule has 0 saturated carbocycles. The van der Waals surface area contributed by atoms with Gasteiger partial charge in [-0.15, -0.1) is 0 Å². The molecule has 5 nitrogen and oxygen atoms in total. The molecule has 0 amide bonds. The lowest BCUT2D eigenvalue weighted by Gasteiger charge is -2.41. The van der Waals surface area contributed by atoms with E-state index in [0.29, 0.717) is 0 Å². The Morgan fingerprint density at radius 3 is 2.46 bits per heavy atom. The van der Waals surface area contributed by atoms with E-state index >= 15 is 0 Å². The van der Waals surface area contributed by atoms with Crippen molar-refractivity contribution in [1.29, 1.82) is 0 Å². The first-order valence-electron chi connectivity index (χ1n) is 4.50. The Bertz CT molecular complexity index is 167. The number of hydrogen-bond donors (Lipinski definition) is 4. The second-order valence-electron chi connectivity index (χ2n) is 3.41. The molecule has 5 N–H and O–H groups in total. The van der Waals surface area contributed by atoms with Crippen molar-refractivity contribution in [2.45, 2.75) is 37.4 Å². The lowest BCUT2D eigenvalue weighted by Crippen LogP contribution is -2.62. The van der Waals surface area contributed by atoms with Crippen LogP contribution in [-0.2, 0) is 4.74 Å². The predicted molar refractivity (Wildman–Crippen MR) is 48.3 cm³/mol. The Morgan fingerprint density at radius 1 is 1.38 bits per heavy atom. The van der Waals surface area contributed by atoms with Crippen molar-refractivity contribution < 1.29 is 14.9 Å². The summed E-state index contributed by atoms with van der Waals surface area (Å²) in [6.45, 7) is 2.03. The quantitative estimate of drug-likeness (QED) is 0.406. The molecule has 0 aromatic carbocycles. The second kappa shape index (κ2) is 4.34. The van der Waals surface area contributed by atoms with Gasteiger partial charge in [0.25, 0.3) is 0 Å². The minimum absolute atomic E-state index is 0.260. The molecule has 13 heavy (non-hydrogen) atoms. The molecule has 1 aliphatic heterocycles. The molecule has 78 valence electrons. The van der Waals surface area contributed by atoms with E-state index in [1.54, 1.807) is 14.0 Å². The van der Waals surface area contributed by atoms with Gasteiger partial charge in [-0.3, -0.25) is 0 Å². The zero-order valence-electron chi connectivity index (χ0n) is 7.97. The van der Waals surface area contributed by atoms with Crippen LogP contribution in [0.2, 0.25) is 0 Å². The van der Waals surface area contributed by atoms with E-state index in [2.05, 4.69) is 5.32 Å². The van der Waals surface area contributed by atoms with E-state index in [-0.39, 0.29) is 18.7 Å². The summed E-state index contributed by atoms with van der Waals surface area (Å²) in [5.41, 5.74) is 5.42. The van der Waals surface area contributed by atoms with Gasteiger partial charge in [-0.25, -0.2) is 0 Å². The normalized spacial score (nSPS) is 46.4. The maximum absolute atomic E-state index is 9.69. The molecule has 0 aromatic rings. The molecule has 0 aromatic heterocycles. The van der Waals surface area contributed by atoms with E-state index in [1.165, 1.54) is 0 Å². The van der Waals surface area contributed by atoms with Gasteiger partial charge in [0, 0.05) is 6.54 Å². The monoisotopic (exact) mass is 190 g/mol. The summed E-state index contributed by atoms with van der Waals surface area (Å²) in [5.74, 6) is 0. The van der Waals surface area contributed by atoms with Crippen LogP contribution in [0.15, 0.2) is 0 Å². The molecule has 5 heteroatoms. The number of ether oxygens (including phenoxy) is 1. The van der Waals surface area contributed by atoms with Crippen LogP contribution >= 0.6 is 0 Å². The number of aliphatic hydroxyl groups is 2. The summed E-state index contributed by atoms with van der Waals surface area (Å²) in [6.07, 6.45) is -2.13. The Kier molecular flexibility index (Phi) is 3.63. The average Bonchev–Trinajstić information content (AvgIpc) is 2.12. The summed E-state index contributed by atoms with van der Waals surface area (Å²) in [5, 5.41) is 22.2. The average molecular weight is 190 g/mol. The van der Waals surface area contributed by atoms with Crippen molar-refractivity contribution in [3.8, 4) is 0 Å². The fraction of sp³-hybridized carbons (Fsp3) is 1.00. The van der Waals surface area contributed by atoms with Crippen LogP contribution in [0.3, 0.4) is 0 Å². The first-order valence-corrected chi connectivity index (χ1v) is 4.50. The summed E-state index contributed by atoms with van der Waals surface area (Å²) >= 11 is 0. The lowest BCUT2D eigenvalue weighted by molar-refractivity contribution is -0.173. The van der Waals surface area contributed by atoms with E-state index in [9.17, 15) is 10.2 Å². The molecule has 0 spiro atoms. The van der Waals surface area contributed by atoms with Crippen LogP contribution < -0.4 is 11.1 Å². The molecule has 1 aliphatic rings. The first kappa shape index (κ1) is 10.9. The number of hydrogen-bond acceptors (Lipinski definition) is 5. The molecule has 1 rings (SSSR count). The molecule has 0 unspecified atom stereocenters. The third kappa shape index (κ3) is 2.00. The Labute approximate surface area is 77.9 Å². The zero-order valence-corrected chi connectivity index (χ0v) is 7.97. The topological polar surface area (TPSA) is 87.7 Å². The first-order chi connectivity index (χ1) is 6.11. The summed E-state index contributed by atoms with van der Waals surface area (Å²) < 4.78 is 5.33. The Balaban J connectivity index is 2.69. The van der Waals surface area contributed by atoms with Crippen LogP contribution in [-0.4, -0.2) is 54.3 Å². The zero-order chi connectivity index (χ0) is 10.0. The molecular weight excluding hydrogens is 172 g/mol. The maximum atomic E-state index is 9.69. The second-order valence-corrected chi connectivity index (χ2v) is 3.41. The van der Waals surface area contributed by atoms with Crippen molar-refractivity contribution in [3.05, 3.63) is 0 Å². The maximum Gasteiger partial charge on any atom is 0.0993 e. The van der Waals surface area contributed by atoms with Crippen molar-refractivity contribution in [1.82, 2.24) is 5.32 Å². The molecule has 0 aliphatic carbocycles. The summed E-state index contributed by atoms with van der Waals surface area (Å²) in [7, 11) is 1.70. The van der Waals surface area contributed by atoms with Gasteiger partial charge in [-0.05, 0) is 14.0 Å². The standard InChI is InChI=1S/C8H18N2O3/c1-4-7(11)6(10-2)8(12)5(3-9)13-4/h4-8,10-12H,3,9H2,1-2H3/t4-,5+,6+,7-,8+/m0/s1. The minimum atomic E-state index is -0.749. The Hall–Kier alpha value is -0.200. The molecule has 1 saturated heterocycles. The van der Waals surface area contributed by atoms with Crippen molar-refractivity contribution in [2.24, 2.45) is 5.73 Å². The number of nitrogens with two attached hydrogens (primary N) is 1. The fourth-order valence-corrected chi connectivity index (χ4v) is 1.70. The molecular formula is C8H18N2O3. The van der Waals surface area contributed by atoms with Crippen LogP contribution in [0.1, 0.15) is 6.92 Å². The van der Waals surface area contributed by atoms with Gasteiger partial charge in [-0.2, -0.15) is 0 Å². The predicted octanol–water partition coefficient (Wildman–Crippen LogP) is -1.96.